The van der Waals surface area contributed by atoms with Crippen molar-refractivity contribution in [2.24, 2.45) is 0 Å². The minimum Gasteiger partial charge on any atom is -0.318 e. The Balaban J connectivity index is 1.34. The average Bonchev–Trinajstić information content (AvgIpc) is 3.20. The number of benzene rings is 7. The maximum absolute atomic E-state index is 14.5. The highest BCUT2D eigenvalue weighted by molar-refractivity contribution is 7.72. The summed E-state index contributed by atoms with van der Waals surface area (Å²) in [6.07, 6.45) is 0. The minimum absolute atomic E-state index is 0.0582. The molecule has 0 saturated heterocycles. The molecular weight excluding hydrogens is 654 g/mol. The predicted molar refractivity (Wildman–Crippen MR) is 220 cm³/mol. The Kier molecular flexibility index (Phi) is 8.87. The van der Waals surface area contributed by atoms with Gasteiger partial charge in [0, 0.05) is 33.3 Å². The first-order valence-corrected chi connectivity index (χ1v) is 19.8. The Bertz CT molecular complexity index is 2490. The Labute approximate surface area is 305 Å². The first-order chi connectivity index (χ1) is 25.3. The summed E-state index contributed by atoms with van der Waals surface area (Å²) in [4.78, 5) is 14.9. The van der Waals surface area contributed by atoms with Crippen LogP contribution in [0.3, 0.4) is 0 Å². The van der Waals surface area contributed by atoms with Crippen LogP contribution in [0.1, 0.15) is 27.7 Å². The molecule has 1 aromatic heterocycles. The second kappa shape index (κ2) is 13.8. The Morgan fingerprint density at radius 2 is 0.731 bits per heavy atom. The van der Waals surface area contributed by atoms with Crippen LogP contribution in [0.25, 0.3) is 78.0 Å². The van der Waals surface area contributed by atoms with E-state index < -0.39 is 7.14 Å². The molecule has 8 aromatic rings. The van der Waals surface area contributed by atoms with Crippen LogP contribution in [0.4, 0.5) is 0 Å². The second-order valence-electron chi connectivity index (χ2n) is 13.9. The van der Waals surface area contributed by atoms with E-state index in [1.54, 1.807) is 0 Å². The fraction of sp³-hybridized carbons (Fsp3) is 0.128. The number of hydrogen-bond acceptors (Lipinski definition) is 4. The van der Waals surface area contributed by atoms with Crippen LogP contribution in [-0.2, 0) is 4.57 Å². The van der Waals surface area contributed by atoms with Crippen LogP contribution in [0, 0.1) is 0 Å². The Hall–Kier alpha value is -5.70. The van der Waals surface area contributed by atoms with Gasteiger partial charge in [-0.1, -0.05) is 173 Å². The topological polar surface area (TPSA) is 55.7 Å². The summed E-state index contributed by atoms with van der Waals surface area (Å²) < 4.78 is 14.5. The molecule has 0 spiro atoms. The molecule has 0 N–H and O–H groups in total. The third-order valence-electron chi connectivity index (χ3n) is 10.1. The van der Waals surface area contributed by atoms with Gasteiger partial charge < -0.3 is 4.57 Å². The molecule has 0 saturated carbocycles. The van der Waals surface area contributed by atoms with Gasteiger partial charge in [0.05, 0.1) is 0 Å². The summed E-state index contributed by atoms with van der Waals surface area (Å²) in [6, 6.07) is 54.5. The molecule has 4 nitrogen and oxygen atoms in total. The summed E-state index contributed by atoms with van der Waals surface area (Å²) >= 11 is 0. The van der Waals surface area contributed by atoms with Crippen LogP contribution in [0.15, 0.2) is 158 Å². The van der Waals surface area contributed by atoms with E-state index in [4.69, 9.17) is 15.0 Å². The lowest BCUT2D eigenvalue weighted by atomic mass is 9.85. The summed E-state index contributed by atoms with van der Waals surface area (Å²) in [5.41, 5.74) is 7.38. The van der Waals surface area contributed by atoms with Gasteiger partial charge in [-0.25, -0.2) is 15.0 Å². The average molecular weight is 694 g/mol. The molecule has 52 heavy (non-hydrogen) atoms. The van der Waals surface area contributed by atoms with E-state index in [1.807, 2.05) is 60.7 Å². The lowest BCUT2D eigenvalue weighted by molar-refractivity contribution is 0.569. The summed E-state index contributed by atoms with van der Waals surface area (Å²) in [5, 5.41) is 5.56. The molecule has 0 unspecified atom stereocenters. The van der Waals surface area contributed by atoms with Gasteiger partial charge in [0.2, 0.25) is 0 Å². The van der Waals surface area contributed by atoms with E-state index in [1.165, 1.54) is 0 Å². The zero-order chi connectivity index (χ0) is 35.8. The molecule has 8 rings (SSSR count). The first kappa shape index (κ1) is 33.4. The van der Waals surface area contributed by atoms with Crippen molar-refractivity contribution in [3.63, 3.8) is 0 Å². The van der Waals surface area contributed by atoms with Gasteiger partial charge in [-0.2, -0.15) is 0 Å². The normalized spacial score (nSPS) is 11.9. The highest BCUT2D eigenvalue weighted by Gasteiger charge is 2.32. The molecule has 1 heterocycles. The monoisotopic (exact) mass is 693 g/mol. The van der Waals surface area contributed by atoms with Gasteiger partial charge in [0.1, 0.15) is 7.14 Å². The number of aromatic nitrogens is 3. The standard InChI is InChI=1S/C47H40N3OP/c1-31(2)52(51,32(3)4)38-24-16-22-36(30-38)44-41-27-13-11-25-39(41)43(40-26-12-14-28-42(40)44)35-21-15-23-37(29-35)47-49-45(33-17-7-5-8-18-33)48-46(50-47)34-19-9-6-10-20-34/h5-32H,1-4H3. The van der Waals surface area contributed by atoms with Gasteiger partial charge in [-0.05, 0) is 55.9 Å². The summed E-state index contributed by atoms with van der Waals surface area (Å²) in [7, 11) is -2.64. The van der Waals surface area contributed by atoms with E-state index in [0.717, 1.165) is 65.8 Å². The molecule has 0 amide bonds. The van der Waals surface area contributed by atoms with Gasteiger partial charge in [0.15, 0.2) is 17.5 Å². The Morgan fingerprint density at radius 3 is 1.17 bits per heavy atom. The van der Waals surface area contributed by atoms with Crippen LogP contribution >= 0.6 is 7.14 Å². The van der Waals surface area contributed by atoms with Gasteiger partial charge in [-0.3, -0.25) is 0 Å². The van der Waals surface area contributed by atoms with Crippen molar-refractivity contribution in [3.8, 4) is 56.4 Å². The van der Waals surface area contributed by atoms with Crippen LogP contribution in [-0.4, -0.2) is 26.3 Å². The van der Waals surface area contributed by atoms with Crippen LogP contribution in [0.2, 0.25) is 0 Å². The van der Waals surface area contributed by atoms with Crippen molar-refractivity contribution >= 4 is 34.0 Å². The summed E-state index contributed by atoms with van der Waals surface area (Å²) in [5.74, 6) is 1.89. The SMILES string of the molecule is CC(C)P(=O)(c1cccc(-c2c3ccccc3c(-c3cccc(-c4nc(-c5ccccc5)nc(-c5ccccc5)n4)c3)c3ccccc23)c1)C(C)C. The number of fused-ring (bicyclic) bond motifs is 2. The fourth-order valence-electron chi connectivity index (χ4n) is 7.57. The zero-order valence-corrected chi connectivity index (χ0v) is 30.8. The van der Waals surface area contributed by atoms with Crippen LogP contribution in [0.5, 0.6) is 0 Å². The summed E-state index contributed by atoms with van der Waals surface area (Å²) in [6.45, 7) is 8.35. The van der Waals surface area contributed by atoms with E-state index in [0.29, 0.717) is 17.5 Å². The fourth-order valence-corrected chi connectivity index (χ4v) is 10.6. The predicted octanol–water partition coefficient (Wildman–Crippen LogP) is 12.3. The largest absolute Gasteiger partial charge is 0.318 e. The molecule has 0 radical (unpaired) electrons. The maximum atomic E-state index is 14.5. The van der Waals surface area contributed by atoms with Gasteiger partial charge in [-0.15, -0.1) is 0 Å². The number of nitrogens with zero attached hydrogens (tertiary/aromatic N) is 3. The Morgan fingerprint density at radius 1 is 0.385 bits per heavy atom. The molecule has 0 bridgehead atoms. The van der Waals surface area contributed by atoms with Gasteiger partial charge in [0.25, 0.3) is 0 Å². The van der Waals surface area contributed by atoms with Crippen molar-refractivity contribution in [3.05, 3.63) is 158 Å². The highest BCUT2D eigenvalue weighted by atomic mass is 31.2. The van der Waals surface area contributed by atoms with Crippen molar-refractivity contribution in [2.75, 3.05) is 0 Å². The van der Waals surface area contributed by atoms with Crippen molar-refractivity contribution in [1.82, 2.24) is 15.0 Å². The molecule has 5 heteroatoms. The van der Waals surface area contributed by atoms with E-state index in [-0.39, 0.29) is 11.3 Å². The molecule has 0 fully saturated rings. The lowest BCUT2D eigenvalue weighted by Gasteiger charge is -2.27. The molecule has 7 aromatic carbocycles. The molecule has 0 aliphatic heterocycles. The van der Waals surface area contributed by atoms with Gasteiger partial charge >= 0.3 is 0 Å². The quantitative estimate of drug-likeness (QED) is 0.117. The number of hydrogen-bond donors (Lipinski definition) is 0. The third-order valence-corrected chi connectivity index (χ3v) is 14.3. The number of rotatable bonds is 8. The minimum atomic E-state index is -2.64. The van der Waals surface area contributed by atoms with E-state index in [2.05, 4.69) is 125 Å². The van der Waals surface area contributed by atoms with Crippen LogP contribution < -0.4 is 5.30 Å². The lowest BCUT2D eigenvalue weighted by Crippen LogP contribution is -2.19. The highest BCUT2D eigenvalue weighted by Crippen LogP contribution is 2.54. The maximum Gasteiger partial charge on any atom is 0.164 e. The first-order valence-electron chi connectivity index (χ1n) is 17.9. The molecule has 0 atom stereocenters. The molecule has 0 aliphatic rings. The molecular formula is C47H40N3OP. The zero-order valence-electron chi connectivity index (χ0n) is 29.9. The third kappa shape index (κ3) is 5.93. The van der Waals surface area contributed by atoms with Crippen molar-refractivity contribution < 1.29 is 4.57 Å². The van der Waals surface area contributed by atoms with Crippen molar-refractivity contribution in [2.45, 2.75) is 39.0 Å². The molecule has 0 aliphatic carbocycles. The van der Waals surface area contributed by atoms with E-state index >= 15 is 0 Å². The van der Waals surface area contributed by atoms with E-state index in [9.17, 15) is 4.57 Å². The smallest absolute Gasteiger partial charge is 0.164 e. The second-order valence-corrected chi connectivity index (χ2v) is 17.9. The van der Waals surface area contributed by atoms with Crippen molar-refractivity contribution in [1.29, 1.82) is 0 Å². The molecule has 254 valence electrons.